The van der Waals surface area contributed by atoms with Crippen molar-refractivity contribution in [1.29, 1.82) is 0 Å². The molecule has 0 saturated heterocycles. The Morgan fingerprint density at radius 2 is 1.37 bits per heavy atom. The molecule has 8 heteroatoms. The predicted molar refractivity (Wildman–Crippen MR) is 88.3 cm³/mol. The molecule has 4 aromatic rings. The van der Waals surface area contributed by atoms with Crippen molar-refractivity contribution >= 4 is 11.0 Å². The van der Waals surface area contributed by atoms with E-state index in [1.54, 1.807) is 42.5 Å². The lowest BCUT2D eigenvalue weighted by Gasteiger charge is -2.12. The van der Waals surface area contributed by atoms with Crippen molar-refractivity contribution in [2.45, 2.75) is 6.54 Å². The van der Waals surface area contributed by atoms with Crippen molar-refractivity contribution in [2.24, 2.45) is 0 Å². The fourth-order valence-corrected chi connectivity index (χ4v) is 2.87. The molecular weight excluding hydrogens is 365 g/mol. The van der Waals surface area contributed by atoms with Crippen LogP contribution >= 0.6 is 0 Å². The first-order valence-electron chi connectivity index (χ1n) is 7.86. The smallest absolute Gasteiger partial charge is 0.200 e. The van der Waals surface area contributed by atoms with Crippen molar-refractivity contribution in [3.05, 3.63) is 83.3 Å². The Morgan fingerprint density at radius 3 is 2.04 bits per heavy atom. The first kappa shape index (κ1) is 17.1. The molecule has 0 N–H and O–H groups in total. The van der Waals surface area contributed by atoms with Gasteiger partial charge in [-0.25, -0.2) is 26.9 Å². The minimum Gasteiger partial charge on any atom is -0.318 e. The van der Waals surface area contributed by atoms with E-state index in [9.17, 15) is 22.0 Å². The molecule has 0 atom stereocenters. The highest BCUT2D eigenvalue weighted by molar-refractivity contribution is 5.80. The summed E-state index contributed by atoms with van der Waals surface area (Å²) in [7, 11) is 0. The highest BCUT2D eigenvalue weighted by Gasteiger charge is 2.27. The van der Waals surface area contributed by atoms with E-state index in [1.165, 1.54) is 10.8 Å². The Bertz CT molecular complexity index is 1130. The van der Waals surface area contributed by atoms with Gasteiger partial charge in [0, 0.05) is 11.8 Å². The normalized spacial score (nSPS) is 11.3. The van der Waals surface area contributed by atoms with Gasteiger partial charge in [0.15, 0.2) is 29.1 Å². The minimum absolute atomic E-state index is 0.251. The molecule has 3 nitrogen and oxygen atoms in total. The van der Waals surface area contributed by atoms with E-state index in [4.69, 9.17) is 0 Å². The number of halogens is 5. The Balaban J connectivity index is 1.96. The van der Waals surface area contributed by atoms with Crippen LogP contribution in [0.1, 0.15) is 5.56 Å². The van der Waals surface area contributed by atoms with Gasteiger partial charge in [-0.3, -0.25) is 4.98 Å². The summed E-state index contributed by atoms with van der Waals surface area (Å²) < 4.78 is 70.1. The molecule has 2 heterocycles. The van der Waals surface area contributed by atoms with Crippen molar-refractivity contribution in [1.82, 2.24) is 14.5 Å². The molecule has 0 amide bonds. The molecule has 27 heavy (non-hydrogen) atoms. The second kappa shape index (κ2) is 6.46. The predicted octanol–water partition coefficient (Wildman–Crippen LogP) is 4.84. The van der Waals surface area contributed by atoms with Crippen LogP contribution in [0.3, 0.4) is 0 Å². The lowest BCUT2D eigenvalue weighted by molar-refractivity contribution is 0.368. The largest absolute Gasteiger partial charge is 0.318 e. The topological polar surface area (TPSA) is 30.7 Å². The van der Waals surface area contributed by atoms with Gasteiger partial charge in [0.2, 0.25) is 5.82 Å². The molecule has 0 bridgehead atoms. The molecule has 2 aromatic heterocycles. The number of fused-ring (bicyclic) bond motifs is 1. The third kappa shape index (κ3) is 2.73. The van der Waals surface area contributed by atoms with Crippen LogP contribution in [-0.4, -0.2) is 14.5 Å². The number of hydrogen-bond acceptors (Lipinski definition) is 2. The van der Waals surface area contributed by atoms with E-state index in [0.29, 0.717) is 16.7 Å². The summed E-state index contributed by atoms with van der Waals surface area (Å²) >= 11 is 0. The lowest BCUT2D eigenvalue weighted by atomic mass is 10.1. The van der Waals surface area contributed by atoms with E-state index in [1.807, 2.05) is 0 Å². The zero-order valence-corrected chi connectivity index (χ0v) is 13.6. The van der Waals surface area contributed by atoms with Crippen molar-refractivity contribution in [3.8, 4) is 11.5 Å². The second-order valence-corrected chi connectivity index (χ2v) is 5.77. The molecule has 2 aromatic carbocycles. The van der Waals surface area contributed by atoms with Gasteiger partial charge in [-0.1, -0.05) is 18.2 Å². The molecule has 0 saturated carbocycles. The number of para-hydroxylation sites is 2. The molecule has 0 spiro atoms. The Labute approximate surface area is 149 Å². The number of hydrogen-bond donors (Lipinski definition) is 0. The minimum atomic E-state index is -2.19. The number of pyridine rings is 1. The molecule has 0 aliphatic carbocycles. The summed E-state index contributed by atoms with van der Waals surface area (Å²) in [6.45, 7) is -0.599. The number of benzene rings is 2. The Morgan fingerprint density at radius 1 is 0.741 bits per heavy atom. The highest BCUT2D eigenvalue weighted by Crippen LogP contribution is 2.28. The van der Waals surface area contributed by atoms with Crippen molar-refractivity contribution < 1.29 is 22.0 Å². The molecule has 0 fully saturated rings. The maximum absolute atomic E-state index is 14.2. The maximum Gasteiger partial charge on any atom is 0.200 e. The van der Waals surface area contributed by atoms with E-state index in [-0.39, 0.29) is 5.82 Å². The van der Waals surface area contributed by atoms with Crippen LogP contribution in [0.2, 0.25) is 0 Å². The van der Waals surface area contributed by atoms with Gasteiger partial charge in [-0.05, 0) is 24.3 Å². The molecule has 4 rings (SSSR count). The zero-order valence-electron chi connectivity index (χ0n) is 13.6. The van der Waals surface area contributed by atoms with Gasteiger partial charge in [-0.2, -0.15) is 0 Å². The third-order valence-electron chi connectivity index (χ3n) is 4.17. The van der Waals surface area contributed by atoms with E-state index >= 15 is 0 Å². The number of nitrogens with zero attached hydrogens (tertiary/aromatic N) is 3. The highest BCUT2D eigenvalue weighted by atomic mass is 19.2. The lowest BCUT2D eigenvalue weighted by Crippen LogP contribution is -2.12. The summed E-state index contributed by atoms with van der Waals surface area (Å²) in [6, 6.07) is 11.7. The van der Waals surface area contributed by atoms with Crippen LogP contribution < -0.4 is 0 Å². The average molecular weight is 375 g/mol. The van der Waals surface area contributed by atoms with Crippen LogP contribution in [0.25, 0.3) is 22.6 Å². The summed E-state index contributed by atoms with van der Waals surface area (Å²) in [6.07, 6.45) is 1.51. The Kier molecular flexibility index (Phi) is 4.10. The fraction of sp³-hybridized carbons (Fsp3) is 0.0526. The van der Waals surface area contributed by atoms with Gasteiger partial charge < -0.3 is 4.57 Å². The van der Waals surface area contributed by atoms with Crippen LogP contribution in [0, 0.1) is 29.1 Å². The molecule has 136 valence electrons. The zero-order chi connectivity index (χ0) is 19.1. The van der Waals surface area contributed by atoms with Gasteiger partial charge in [-0.15, -0.1) is 0 Å². The summed E-state index contributed by atoms with van der Waals surface area (Å²) in [5.74, 6) is -9.62. The van der Waals surface area contributed by atoms with Gasteiger partial charge in [0.25, 0.3) is 0 Å². The number of rotatable bonds is 3. The summed E-state index contributed by atoms with van der Waals surface area (Å²) in [5, 5.41) is 0. The van der Waals surface area contributed by atoms with E-state index in [2.05, 4.69) is 9.97 Å². The fourth-order valence-electron chi connectivity index (χ4n) is 2.87. The van der Waals surface area contributed by atoms with Crippen molar-refractivity contribution in [2.75, 3.05) is 0 Å². The monoisotopic (exact) mass is 375 g/mol. The van der Waals surface area contributed by atoms with Gasteiger partial charge in [0.05, 0.1) is 17.6 Å². The third-order valence-corrected chi connectivity index (χ3v) is 4.17. The average Bonchev–Trinajstić information content (AvgIpc) is 3.07. The van der Waals surface area contributed by atoms with E-state index < -0.39 is 41.2 Å². The molecule has 0 aliphatic heterocycles. The second-order valence-electron chi connectivity index (χ2n) is 5.77. The van der Waals surface area contributed by atoms with Crippen LogP contribution in [0.5, 0.6) is 0 Å². The number of imidazole rings is 1. The summed E-state index contributed by atoms with van der Waals surface area (Å²) in [5.41, 5.74) is 0.438. The van der Waals surface area contributed by atoms with Gasteiger partial charge in [0.1, 0.15) is 5.69 Å². The maximum atomic E-state index is 14.2. The molecule has 0 aliphatic rings. The van der Waals surface area contributed by atoms with Crippen LogP contribution in [0.4, 0.5) is 22.0 Å². The van der Waals surface area contributed by atoms with Crippen LogP contribution in [0.15, 0.2) is 48.7 Å². The van der Waals surface area contributed by atoms with E-state index in [0.717, 1.165) is 0 Å². The number of aromatic nitrogens is 3. The summed E-state index contributed by atoms with van der Waals surface area (Å²) in [4.78, 5) is 8.56. The SMILES string of the molecule is Fc1c(F)c(F)c(Cn2c(-c3ccccn3)nc3ccccc32)c(F)c1F. The first-order chi connectivity index (χ1) is 13.0. The quantitative estimate of drug-likeness (QED) is 0.291. The van der Waals surface area contributed by atoms with Crippen LogP contribution in [-0.2, 0) is 6.54 Å². The van der Waals surface area contributed by atoms with Gasteiger partial charge >= 0.3 is 0 Å². The van der Waals surface area contributed by atoms with Crippen molar-refractivity contribution in [3.63, 3.8) is 0 Å². The first-order valence-corrected chi connectivity index (χ1v) is 7.86. The Hall–Kier alpha value is -3.29. The molecular formula is C19H10F5N3. The standard InChI is InChI=1S/C19H10F5N3/c20-14-10(15(21)17(23)18(24)16(14)22)9-27-13-7-2-1-5-11(13)26-19(27)12-6-3-4-8-25-12/h1-8H,9H2. The molecule has 0 radical (unpaired) electrons. The molecule has 0 unspecified atom stereocenters.